The Bertz CT molecular complexity index is 705. The summed E-state index contributed by atoms with van der Waals surface area (Å²) in [5, 5.41) is 0. The second-order valence-corrected chi connectivity index (χ2v) is 8.05. The van der Waals surface area contributed by atoms with Gasteiger partial charge >= 0.3 is 0 Å². The predicted molar refractivity (Wildman–Crippen MR) is 112 cm³/mol. The minimum atomic E-state index is 0.230. The molecular formula is C23H33N3. The molecule has 0 unspecified atom stereocenters. The lowest BCUT2D eigenvalue weighted by molar-refractivity contribution is 0.325. The van der Waals surface area contributed by atoms with Crippen molar-refractivity contribution >= 4 is 11.4 Å². The molecule has 1 aliphatic carbocycles. The lowest BCUT2D eigenvalue weighted by Gasteiger charge is -2.37. The van der Waals surface area contributed by atoms with Gasteiger partial charge < -0.3 is 9.80 Å². The van der Waals surface area contributed by atoms with Crippen molar-refractivity contribution in [1.29, 1.82) is 0 Å². The molecule has 0 bridgehead atoms. The highest BCUT2D eigenvalue weighted by atomic mass is 15.3. The topological polar surface area (TPSA) is 18.8 Å². The molecule has 0 spiro atoms. The van der Waals surface area contributed by atoms with Gasteiger partial charge in [-0.2, -0.15) is 0 Å². The number of hydrogen-bond donors (Lipinski definition) is 0. The van der Waals surface area contributed by atoms with E-state index in [2.05, 4.69) is 67.7 Å². The van der Waals surface area contributed by atoms with Gasteiger partial charge in [0, 0.05) is 50.9 Å². The third-order valence-corrected chi connectivity index (χ3v) is 6.26. The van der Waals surface area contributed by atoms with E-state index in [9.17, 15) is 0 Å². The summed E-state index contributed by atoms with van der Waals surface area (Å²) in [6, 6.07) is 9.13. The Balaban J connectivity index is 1.86. The number of likely N-dealkylation sites (N-methyl/N-ethyl adjacent to an activating group) is 1. The molecule has 0 radical (unpaired) electrons. The summed E-state index contributed by atoms with van der Waals surface area (Å²) >= 11 is 0. The van der Waals surface area contributed by atoms with E-state index in [1.165, 1.54) is 48.3 Å². The molecule has 3 nitrogen and oxygen atoms in total. The molecule has 0 N–H and O–H groups in total. The fourth-order valence-electron chi connectivity index (χ4n) is 4.37. The van der Waals surface area contributed by atoms with Crippen LogP contribution in [0.2, 0.25) is 0 Å². The van der Waals surface area contributed by atoms with Gasteiger partial charge in [-0.3, -0.25) is 4.99 Å². The number of allylic oxidation sites excluding steroid dienone is 2. The summed E-state index contributed by atoms with van der Waals surface area (Å²) in [4.78, 5) is 9.40. The molecule has 0 atom stereocenters. The van der Waals surface area contributed by atoms with Crippen LogP contribution < -0.4 is 0 Å². The predicted octanol–water partition coefficient (Wildman–Crippen LogP) is 5.06. The van der Waals surface area contributed by atoms with E-state index in [1.807, 2.05) is 7.05 Å². The van der Waals surface area contributed by atoms with Crippen molar-refractivity contribution in [2.75, 3.05) is 27.2 Å². The van der Waals surface area contributed by atoms with E-state index in [-0.39, 0.29) is 5.41 Å². The molecule has 140 valence electrons. The Labute approximate surface area is 159 Å². The van der Waals surface area contributed by atoms with Crippen LogP contribution in [-0.2, 0) is 5.41 Å². The molecule has 1 aliphatic heterocycles. The first-order chi connectivity index (χ1) is 12.4. The molecule has 0 aromatic heterocycles. The summed E-state index contributed by atoms with van der Waals surface area (Å²) < 4.78 is 0. The first-order valence-electron chi connectivity index (χ1n) is 9.83. The van der Waals surface area contributed by atoms with Crippen LogP contribution in [0.5, 0.6) is 0 Å². The zero-order valence-corrected chi connectivity index (χ0v) is 16.9. The number of amidine groups is 1. The SMILES string of the molecule is C=C(C)c1ccc(C2(CC(=NC)N3C=C(C)N(C)CC3)CCCC2)cc1. The second kappa shape index (κ2) is 7.69. The van der Waals surface area contributed by atoms with Crippen molar-refractivity contribution in [1.82, 2.24) is 9.80 Å². The standard InChI is InChI=1S/C23H33N3/c1-18(2)20-8-10-21(11-9-20)23(12-6-7-13-23)16-22(24-4)26-15-14-25(5)19(3)17-26/h8-11,17H,1,6-7,12-16H2,2-5H3. The number of benzene rings is 1. The molecule has 1 aromatic rings. The number of aliphatic imine (C=N–C) groups is 1. The maximum atomic E-state index is 4.72. The fraction of sp³-hybridized carbons (Fsp3) is 0.522. The highest BCUT2D eigenvalue weighted by molar-refractivity contribution is 5.85. The molecule has 1 aromatic carbocycles. The lowest BCUT2D eigenvalue weighted by atomic mass is 9.75. The van der Waals surface area contributed by atoms with Gasteiger partial charge in [0.1, 0.15) is 5.84 Å². The zero-order chi connectivity index (χ0) is 18.7. The number of nitrogens with zero attached hydrogens (tertiary/aromatic N) is 3. The second-order valence-electron chi connectivity index (χ2n) is 8.05. The third-order valence-electron chi connectivity index (χ3n) is 6.26. The Morgan fingerprint density at radius 1 is 1.15 bits per heavy atom. The molecule has 1 saturated carbocycles. The molecule has 2 aliphatic rings. The molecule has 1 heterocycles. The zero-order valence-electron chi connectivity index (χ0n) is 16.9. The number of hydrogen-bond acceptors (Lipinski definition) is 2. The molecule has 26 heavy (non-hydrogen) atoms. The molecule has 1 fully saturated rings. The molecular weight excluding hydrogens is 318 g/mol. The van der Waals surface area contributed by atoms with Crippen molar-refractivity contribution in [3.8, 4) is 0 Å². The Hall–Kier alpha value is -2.03. The summed E-state index contributed by atoms with van der Waals surface area (Å²) in [7, 11) is 4.11. The van der Waals surface area contributed by atoms with Gasteiger partial charge in [-0.1, -0.05) is 49.3 Å². The number of rotatable bonds is 4. The van der Waals surface area contributed by atoms with Crippen molar-refractivity contribution in [3.05, 3.63) is 53.9 Å². The highest BCUT2D eigenvalue weighted by Gasteiger charge is 2.37. The van der Waals surface area contributed by atoms with Crippen LogP contribution in [0.15, 0.2) is 47.7 Å². The first-order valence-corrected chi connectivity index (χ1v) is 9.83. The fourth-order valence-corrected chi connectivity index (χ4v) is 4.37. The quantitative estimate of drug-likeness (QED) is 0.558. The Morgan fingerprint density at radius 3 is 2.35 bits per heavy atom. The largest absolute Gasteiger partial charge is 0.375 e. The lowest BCUT2D eigenvalue weighted by Crippen LogP contribution is -2.41. The normalized spacial score (nSPS) is 20.3. The monoisotopic (exact) mass is 351 g/mol. The van der Waals surface area contributed by atoms with Crippen LogP contribution in [-0.4, -0.2) is 42.8 Å². The van der Waals surface area contributed by atoms with Gasteiger partial charge in [0.25, 0.3) is 0 Å². The highest BCUT2D eigenvalue weighted by Crippen LogP contribution is 2.44. The van der Waals surface area contributed by atoms with Crippen molar-refractivity contribution in [3.63, 3.8) is 0 Å². The van der Waals surface area contributed by atoms with Crippen LogP contribution in [0.1, 0.15) is 57.1 Å². The van der Waals surface area contributed by atoms with Crippen LogP contribution >= 0.6 is 0 Å². The minimum Gasteiger partial charge on any atom is -0.375 e. The molecule has 0 amide bonds. The van der Waals surface area contributed by atoms with E-state index >= 15 is 0 Å². The van der Waals surface area contributed by atoms with Crippen LogP contribution in [0.4, 0.5) is 0 Å². The van der Waals surface area contributed by atoms with Crippen molar-refractivity contribution in [2.24, 2.45) is 4.99 Å². The first kappa shape index (κ1) is 18.8. The minimum absolute atomic E-state index is 0.230. The average molecular weight is 352 g/mol. The molecule has 3 rings (SSSR count). The Kier molecular flexibility index (Phi) is 5.55. The van der Waals surface area contributed by atoms with Gasteiger partial charge in [-0.05, 0) is 37.8 Å². The van der Waals surface area contributed by atoms with Crippen LogP contribution in [0, 0.1) is 0 Å². The van der Waals surface area contributed by atoms with Gasteiger partial charge in [-0.25, -0.2) is 0 Å². The van der Waals surface area contributed by atoms with Crippen LogP contribution in [0.25, 0.3) is 5.57 Å². The average Bonchev–Trinajstić information content (AvgIpc) is 3.12. The maximum Gasteiger partial charge on any atom is 0.103 e. The van der Waals surface area contributed by atoms with Crippen molar-refractivity contribution in [2.45, 2.75) is 51.4 Å². The molecule has 3 heteroatoms. The maximum absolute atomic E-state index is 4.72. The molecule has 0 saturated heterocycles. The van der Waals surface area contributed by atoms with E-state index in [4.69, 9.17) is 4.99 Å². The van der Waals surface area contributed by atoms with E-state index in [0.717, 1.165) is 25.1 Å². The summed E-state index contributed by atoms with van der Waals surface area (Å²) in [6.45, 7) is 10.4. The summed E-state index contributed by atoms with van der Waals surface area (Å²) in [5.41, 5.74) is 5.38. The van der Waals surface area contributed by atoms with Crippen molar-refractivity contribution < 1.29 is 0 Å². The summed E-state index contributed by atoms with van der Waals surface area (Å²) in [6.07, 6.45) is 8.44. The van der Waals surface area contributed by atoms with Gasteiger partial charge in [0.05, 0.1) is 0 Å². The van der Waals surface area contributed by atoms with E-state index < -0.39 is 0 Å². The summed E-state index contributed by atoms with van der Waals surface area (Å²) in [5.74, 6) is 1.23. The third kappa shape index (κ3) is 3.72. The van der Waals surface area contributed by atoms with E-state index in [1.54, 1.807) is 0 Å². The smallest absolute Gasteiger partial charge is 0.103 e. The van der Waals surface area contributed by atoms with Crippen LogP contribution in [0.3, 0.4) is 0 Å². The Morgan fingerprint density at radius 2 is 1.81 bits per heavy atom. The van der Waals surface area contributed by atoms with Gasteiger partial charge in [-0.15, -0.1) is 0 Å². The van der Waals surface area contributed by atoms with Gasteiger partial charge in [0.15, 0.2) is 0 Å². The van der Waals surface area contributed by atoms with E-state index in [0.29, 0.717) is 0 Å². The van der Waals surface area contributed by atoms with Gasteiger partial charge in [0.2, 0.25) is 0 Å².